The normalized spacial score (nSPS) is 11.8. The minimum Gasteiger partial charge on any atom is -0.208 e. The van der Waals surface area contributed by atoms with E-state index >= 15 is 0 Å². The van der Waals surface area contributed by atoms with E-state index in [4.69, 9.17) is 15.0 Å². The minimum atomic E-state index is 0.632. The van der Waals surface area contributed by atoms with Crippen molar-refractivity contribution in [3.8, 4) is 56.4 Å². The Morgan fingerprint density at radius 2 is 0.672 bits per heavy atom. The van der Waals surface area contributed by atoms with Gasteiger partial charge in [0.1, 0.15) is 0 Å². The topological polar surface area (TPSA) is 38.7 Å². The Kier molecular flexibility index (Phi) is 7.23. The fourth-order valence-electron chi connectivity index (χ4n) is 9.18. The van der Waals surface area contributed by atoms with Crippen LogP contribution < -0.4 is 0 Å². The van der Waals surface area contributed by atoms with Gasteiger partial charge in [-0.1, -0.05) is 182 Å². The summed E-state index contributed by atoms with van der Waals surface area (Å²) in [6, 6.07) is 71.8. The van der Waals surface area contributed by atoms with Gasteiger partial charge in [-0.05, 0) is 105 Å². The van der Waals surface area contributed by atoms with E-state index < -0.39 is 0 Å². The first-order valence-corrected chi connectivity index (χ1v) is 19.8. The van der Waals surface area contributed by atoms with E-state index in [0.717, 1.165) is 38.9 Å². The second kappa shape index (κ2) is 12.9. The zero-order valence-electron chi connectivity index (χ0n) is 31.4. The van der Waals surface area contributed by atoms with Gasteiger partial charge in [0.2, 0.25) is 0 Å². The van der Waals surface area contributed by atoms with Crippen molar-refractivity contribution in [1.29, 1.82) is 0 Å². The molecule has 0 aliphatic carbocycles. The lowest BCUT2D eigenvalue weighted by Gasteiger charge is -2.17. The Bertz CT molecular complexity index is 3550. The quantitative estimate of drug-likeness (QED) is 0.165. The van der Waals surface area contributed by atoms with Crippen molar-refractivity contribution in [3.63, 3.8) is 0 Å². The lowest BCUT2D eigenvalue weighted by atomic mass is 9.86. The van der Waals surface area contributed by atoms with Gasteiger partial charge in [0.25, 0.3) is 0 Å². The van der Waals surface area contributed by atoms with Crippen LogP contribution in [0.4, 0.5) is 0 Å². The molecule has 12 rings (SSSR count). The van der Waals surface area contributed by atoms with Crippen molar-refractivity contribution in [3.05, 3.63) is 200 Å². The van der Waals surface area contributed by atoms with E-state index in [-0.39, 0.29) is 0 Å². The van der Waals surface area contributed by atoms with Crippen LogP contribution in [-0.4, -0.2) is 15.0 Å². The molecular weight excluding hydrogens is 703 g/mol. The van der Waals surface area contributed by atoms with E-state index in [1.54, 1.807) is 0 Å². The van der Waals surface area contributed by atoms with Gasteiger partial charge in [0, 0.05) is 16.7 Å². The van der Waals surface area contributed by atoms with Crippen LogP contribution in [0.5, 0.6) is 0 Å². The van der Waals surface area contributed by atoms with Crippen molar-refractivity contribution in [2.45, 2.75) is 0 Å². The first-order chi connectivity index (χ1) is 28.7. The maximum absolute atomic E-state index is 5.22. The molecule has 0 N–H and O–H groups in total. The van der Waals surface area contributed by atoms with Crippen LogP contribution in [0.25, 0.3) is 121 Å². The Labute approximate surface area is 334 Å². The van der Waals surface area contributed by atoms with Gasteiger partial charge < -0.3 is 0 Å². The summed E-state index contributed by atoms with van der Waals surface area (Å²) in [5.74, 6) is 1.91. The van der Waals surface area contributed by atoms with Gasteiger partial charge >= 0.3 is 0 Å². The summed E-state index contributed by atoms with van der Waals surface area (Å²) in [6.07, 6.45) is 0. The second-order valence-corrected chi connectivity index (χ2v) is 15.1. The predicted molar refractivity (Wildman–Crippen MR) is 243 cm³/mol. The van der Waals surface area contributed by atoms with Gasteiger partial charge in [-0.25, -0.2) is 15.0 Å². The van der Waals surface area contributed by atoms with E-state index in [1.165, 1.54) is 64.6 Å². The van der Waals surface area contributed by atoms with Gasteiger partial charge in [-0.15, -0.1) is 0 Å². The Balaban J connectivity index is 1.11. The van der Waals surface area contributed by atoms with Crippen LogP contribution in [0.15, 0.2) is 200 Å². The SMILES string of the molecule is c1ccc(-c2nc(-c3cccc(-c4cc5ccc6cccc7c8cccc9ccc%10cccc(c(c4)c5c67)c%10c98)c3)nc(-c3ccccc3-c3ccccc3)n2)cc1. The molecule has 0 saturated carbocycles. The van der Waals surface area contributed by atoms with Gasteiger partial charge in [0.15, 0.2) is 17.5 Å². The van der Waals surface area contributed by atoms with Crippen molar-refractivity contribution in [1.82, 2.24) is 15.0 Å². The van der Waals surface area contributed by atoms with Crippen molar-refractivity contribution < 1.29 is 0 Å². The standard InChI is InChI=1S/C55H33N3/c1-3-13-34(14-4-1)43-22-7-8-23-47(43)55-57-53(38-15-5-2-6-16-38)56-54(58-55)41-21-9-20-39(31-41)42-32-40-30-29-37-18-11-25-45-44-24-10-17-35-27-28-36-19-12-26-46(51(36)49(35)44)48(33-42)52(40)50(37)45/h1-33H. The molecule has 1 aromatic heterocycles. The summed E-state index contributed by atoms with van der Waals surface area (Å²) in [4.78, 5) is 15.4. The van der Waals surface area contributed by atoms with Crippen LogP contribution in [0.1, 0.15) is 0 Å². The first-order valence-electron chi connectivity index (χ1n) is 19.8. The van der Waals surface area contributed by atoms with Crippen LogP contribution in [0.3, 0.4) is 0 Å². The van der Waals surface area contributed by atoms with E-state index in [9.17, 15) is 0 Å². The number of hydrogen-bond donors (Lipinski definition) is 0. The zero-order chi connectivity index (χ0) is 38.2. The number of nitrogens with zero attached hydrogens (tertiary/aromatic N) is 3. The highest BCUT2D eigenvalue weighted by Gasteiger charge is 2.18. The summed E-state index contributed by atoms with van der Waals surface area (Å²) in [6.45, 7) is 0. The highest BCUT2D eigenvalue weighted by molar-refractivity contribution is 6.37. The van der Waals surface area contributed by atoms with Gasteiger partial charge in [0.05, 0.1) is 0 Å². The highest BCUT2D eigenvalue weighted by Crippen LogP contribution is 2.44. The Hall–Kier alpha value is -7.75. The lowest BCUT2D eigenvalue weighted by molar-refractivity contribution is 1.07. The van der Waals surface area contributed by atoms with Gasteiger partial charge in [-0.2, -0.15) is 0 Å². The van der Waals surface area contributed by atoms with Crippen molar-refractivity contribution in [2.75, 3.05) is 0 Å². The zero-order valence-corrected chi connectivity index (χ0v) is 31.4. The largest absolute Gasteiger partial charge is 0.208 e. The molecular formula is C55H33N3. The minimum absolute atomic E-state index is 0.632. The number of rotatable bonds is 5. The second-order valence-electron chi connectivity index (χ2n) is 15.1. The monoisotopic (exact) mass is 735 g/mol. The lowest BCUT2D eigenvalue weighted by Crippen LogP contribution is -2.01. The molecule has 1 heterocycles. The fraction of sp³-hybridized carbons (Fsp3) is 0. The summed E-state index contributed by atoms with van der Waals surface area (Å²) in [5.41, 5.74) is 7.28. The van der Waals surface area contributed by atoms with Crippen LogP contribution >= 0.6 is 0 Å². The molecule has 0 fully saturated rings. The van der Waals surface area contributed by atoms with E-state index in [1.807, 2.05) is 24.3 Å². The average Bonchev–Trinajstić information content (AvgIpc) is 3.30. The molecule has 0 saturated heterocycles. The maximum Gasteiger partial charge on any atom is 0.164 e. The fourth-order valence-corrected chi connectivity index (χ4v) is 9.18. The third kappa shape index (κ3) is 5.11. The smallest absolute Gasteiger partial charge is 0.164 e. The van der Waals surface area contributed by atoms with Crippen LogP contribution in [-0.2, 0) is 0 Å². The molecule has 268 valence electrons. The number of aromatic nitrogens is 3. The maximum atomic E-state index is 5.22. The first kappa shape index (κ1) is 32.5. The average molecular weight is 736 g/mol. The molecule has 0 bridgehead atoms. The van der Waals surface area contributed by atoms with E-state index in [0.29, 0.717) is 17.5 Å². The number of benzene rings is 10. The number of fused-ring (bicyclic) bond motifs is 2. The molecule has 3 nitrogen and oxygen atoms in total. The summed E-state index contributed by atoms with van der Waals surface area (Å²) in [7, 11) is 0. The summed E-state index contributed by atoms with van der Waals surface area (Å²) in [5, 5.41) is 15.2. The molecule has 11 aromatic carbocycles. The molecule has 0 aliphatic rings. The molecule has 0 aliphatic heterocycles. The van der Waals surface area contributed by atoms with Crippen LogP contribution in [0.2, 0.25) is 0 Å². The molecule has 58 heavy (non-hydrogen) atoms. The molecule has 3 heteroatoms. The molecule has 0 spiro atoms. The molecule has 12 aromatic rings. The Morgan fingerprint density at radius 3 is 1.31 bits per heavy atom. The third-order valence-corrected chi connectivity index (χ3v) is 11.8. The van der Waals surface area contributed by atoms with Gasteiger partial charge in [-0.3, -0.25) is 0 Å². The molecule has 0 atom stereocenters. The van der Waals surface area contributed by atoms with E-state index in [2.05, 4.69) is 176 Å². The molecule has 0 radical (unpaired) electrons. The summed E-state index contributed by atoms with van der Waals surface area (Å²) >= 11 is 0. The van der Waals surface area contributed by atoms with Crippen LogP contribution in [0, 0.1) is 0 Å². The van der Waals surface area contributed by atoms with Crippen molar-refractivity contribution >= 4 is 64.6 Å². The highest BCUT2D eigenvalue weighted by atomic mass is 15.0. The molecule has 0 unspecified atom stereocenters. The number of hydrogen-bond acceptors (Lipinski definition) is 3. The van der Waals surface area contributed by atoms with Crippen molar-refractivity contribution in [2.24, 2.45) is 0 Å². The Morgan fingerprint density at radius 1 is 0.224 bits per heavy atom. The summed E-state index contributed by atoms with van der Waals surface area (Å²) < 4.78 is 0. The predicted octanol–water partition coefficient (Wildman–Crippen LogP) is 14.6. The third-order valence-electron chi connectivity index (χ3n) is 11.8. The molecule has 0 amide bonds.